The predicted octanol–water partition coefficient (Wildman–Crippen LogP) is 2.78. The molecule has 0 spiro atoms. The van der Waals surface area contributed by atoms with Gasteiger partial charge in [0, 0.05) is 19.2 Å². The summed E-state index contributed by atoms with van der Waals surface area (Å²) < 4.78 is 37.5. The monoisotopic (exact) mass is 300 g/mol. The number of carbonyl (C=O) groups is 1. The number of piperidine rings is 1. The highest BCUT2D eigenvalue weighted by Gasteiger charge is 2.30. The number of alkyl halides is 3. The van der Waals surface area contributed by atoms with Crippen molar-refractivity contribution in [1.82, 2.24) is 10.2 Å². The van der Waals surface area contributed by atoms with Crippen LogP contribution in [0.25, 0.3) is 0 Å². The molecule has 1 heterocycles. The van der Waals surface area contributed by atoms with E-state index in [2.05, 4.69) is 5.32 Å². The number of benzene rings is 1. The summed E-state index contributed by atoms with van der Waals surface area (Å²) in [6.45, 7) is 2.50. The molecule has 116 valence electrons. The van der Waals surface area contributed by atoms with E-state index in [1.165, 1.54) is 12.1 Å². The number of nitrogens with one attached hydrogen (secondary N) is 1. The molecule has 2 rings (SSSR count). The third kappa shape index (κ3) is 4.20. The number of carbonyl (C=O) groups excluding carboxylic acids is 1. The molecule has 1 aliphatic heterocycles. The van der Waals surface area contributed by atoms with Crippen LogP contribution in [0.1, 0.15) is 28.8 Å². The van der Waals surface area contributed by atoms with E-state index >= 15 is 0 Å². The zero-order valence-electron chi connectivity index (χ0n) is 11.9. The highest BCUT2D eigenvalue weighted by molar-refractivity contribution is 5.94. The molecular weight excluding hydrogens is 281 g/mol. The van der Waals surface area contributed by atoms with E-state index in [0.717, 1.165) is 38.1 Å². The van der Waals surface area contributed by atoms with Crippen LogP contribution in [-0.4, -0.2) is 37.5 Å². The topological polar surface area (TPSA) is 32.3 Å². The van der Waals surface area contributed by atoms with Crippen LogP contribution >= 0.6 is 0 Å². The molecule has 3 nitrogen and oxygen atoms in total. The minimum atomic E-state index is -4.37. The number of hydrogen-bond donors (Lipinski definition) is 1. The highest BCUT2D eigenvalue weighted by Crippen LogP contribution is 2.29. The minimum absolute atomic E-state index is 0.241. The second kappa shape index (κ2) is 6.47. The quantitative estimate of drug-likeness (QED) is 0.931. The summed E-state index contributed by atoms with van der Waals surface area (Å²) in [7, 11) is 1.69. The van der Waals surface area contributed by atoms with Crippen molar-refractivity contribution in [3.63, 3.8) is 0 Å². The molecule has 21 heavy (non-hydrogen) atoms. The van der Waals surface area contributed by atoms with Gasteiger partial charge in [0.1, 0.15) is 0 Å². The summed E-state index contributed by atoms with van der Waals surface area (Å²) in [6, 6.07) is 4.37. The number of nitrogens with zero attached hydrogens (tertiary/aromatic N) is 1. The highest BCUT2D eigenvalue weighted by atomic mass is 19.4. The van der Waals surface area contributed by atoms with Gasteiger partial charge in [-0.25, -0.2) is 0 Å². The van der Waals surface area contributed by atoms with Crippen molar-refractivity contribution in [1.29, 1.82) is 0 Å². The zero-order chi connectivity index (χ0) is 15.5. The molecule has 1 aromatic rings. The first kappa shape index (κ1) is 15.8. The van der Waals surface area contributed by atoms with Gasteiger partial charge in [0.25, 0.3) is 5.91 Å². The molecule has 0 radical (unpaired) electrons. The molecule has 0 aromatic heterocycles. The molecule has 0 bridgehead atoms. The molecule has 0 aliphatic carbocycles. The van der Waals surface area contributed by atoms with Crippen LogP contribution in [-0.2, 0) is 6.18 Å². The maximum atomic E-state index is 12.5. The average molecular weight is 300 g/mol. The van der Waals surface area contributed by atoms with E-state index in [1.54, 1.807) is 11.9 Å². The Morgan fingerprint density at radius 1 is 1.33 bits per heavy atom. The van der Waals surface area contributed by atoms with Gasteiger partial charge in [-0.15, -0.1) is 0 Å². The Hall–Kier alpha value is -1.56. The molecule has 1 atom stereocenters. The van der Waals surface area contributed by atoms with E-state index < -0.39 is 11.7 Å². The average Bonchev–Trinajstić information content (AvgIpc) is 2.46. The van der Waals surface area contributed by atoms with Crippen LogP contribution in [0.15, 0.2) is 24.3 Å². The summed E-state index contributed by atoms with van der Waals surface area (Å²) in [4.78, 5) is 13.8. The number of hydrogen-bond acceptors (Lipinski definition) is 2. The SMILES string of the molecule is CN(CC1CCCNC1)C(=O)c1ccc(C(F)(F)F)cc1. The molecule has 1 aliphatic rings. The van der Waals surface area contributed by atoms with Gasteiger partial charge < -0.3 is 10.2 Å². The predicted molar refractivity (Wildman–Crippen MR) is 74.0 cm³/mol. The molecule has 1 N–H and O–H groups in total. The second-order valence-corrected chi connectivity index (χ2v) is 5.47. The van der Waals surface area contributed by atoms with Crippen molar-refractivity contribution < 1.29 is 18.0 Å². The molecule has 1 unspecified atom stereocenters. The van der Waals surface area contributed by atoms with Gasteiger partial charge in [-0.3, -0.25) is 4.79 Å². The summed E-state index contributed by atoms with van der Waals surface area (Å²) in [5, 5.41) is 3.28. The fourth-order valence-electron chi connectivity index (χ4n) is 2.57. The van der Waals surface area contributed by atoms with Gasteiger partial charge in [-0.05, 0) is 56.1 Å². The Balaban J connectivity index is 1.98. The molecule has 6 heteroatoms. The summed E-state index contributed by atoms with van der Waals surface area (Å²) >= 11 is 0. The van der Waals surface area contributed by atoms with Gasteiger partial charge in [-0.1, -0.05) is 0 Å². The van der Waals surface area contributed by atoms with Crippen LogP contribution in [0.5, 0.6) is 0 Å². The van der Waals surface area contributed by atoms with Crippen molar-refractivity contribution in [3.8, 4) is 0 Å². The third-order valence-corrected chi connectivity index (χ3v) is 3.74. The molecule has 1 fully saturated rings. The standard InChI is InChI=1S/C15H19F3N2O/c1-20(10-11-3-2-8-19-9-11)14(21)12-4-6-13(7-5-12)15(16,17)18/h4-7,11,19H,2-3,8-10H2,1H3. The van der Waals surface area contributed by atoms with Crippen LogP contribution in [0.2, 0.25) is 0 Å². The molecule has 0 saturated carbocycles. The first-order valence-electron chi connectivity index (χ1n) is 7.01. The normalized spacial score (nSPS) is 19.3. The number of amides is 1. The van der Waals surface area contributed by atoms with Crippen LogP contribution in [0, 0.1) is 5.92 Å². The minimum Gasteiger partial charge on any atom is -0.341 e. The Kier molecular flexibility index (Phi) is 4.88. The first-order valence-corrected chi connectivity index (χ1v) is 7.01. The van der Waals surface area contributed by atoms with Crippen molar-refractivity contribution in [2.24, 2.45) is 5.92 Å². The van der Waals surface area contributed by atoms with E-state index in [0.29, 0.717) is 12.5 Å². The van der Waals surface area contributed by atoms with E-state index in [9.17, 15) is 18.0 Å². The van der Waals surface area contributed by atoms with E-state index in [1.807, 2.05) is 0 Å². The van der Waals surface area contributed by atoms with Gasteiger partial charge >= 0.3 is 6.18 Å². The van der Waals surface area contributed by atoms with Crippen LogP contribution in [0.3, 0.4) is 0 Å². The van der Waals surface area contributed by atoms with Crippen LogP contribution in [0.4, 0.5) is 13.2 Å². The maximum Gasteiger partial charge on any atom is 0.416 e. The van der Waals surface area contributed by atoms with Gasteiger partial charge in [-0.2, -0.15) is 13.2 Å². The molecule has 1 amide bonds. The Morgan fingerprint density at radius 3 is 2.52 bits per heavy atom. The number of rotatable bonds is 3. The van der Waals surface area contributed by atoms with Gasteiger partial charge in [0.05, 0.1) is 5.56 Å². The lowest BCUT2D eigenvalue weighted by molar-refractivity contribution is -0.137. The van der Waals surface area contributed by atoms with Crippen molar-refractivity contribution >= 4 is 5.91 Å². The summed E-state index contributed by atoms with van der Waals surface area (Å²) in [6.07, 6.45) is -2.22. The van der Waals surface area contributed by atoms with Gasteiger partial charge in [0.15, 0.2) is 0 Å². The summed E-state index contributed by atoms with van der Waals surface area (Å²) in [5.74, 6) is 0.163. The molecular formula is C15H19F3N2O. The van der Waals surface area contributed by atoms with Crippen molar-refractivity contribution in [2.45, 2.75) is 19.0 Å². The van der Waals surface area contributed by atoms with Crippen molar-refractivity contribution in [2.75, 3.05) is 26.7 Å². The third-order valence-electron chi connectivity index (χ3n) is 3.74. The lowest BCUT2D eigenvalue weighted by Crippen LogP contribution is -2.39. The lowest BCUT2D eigenvalue weighted by Gasteiger charge is -2.27. The van der Waals surface area contributed by atoms with E-state index in [-0.39, 0.29) is 11.5 Å². The maximum absolute atomic E-state index is 12.5. The second-order valence-electron chi connectivity index (χ2n) is 5.47. The Labute approximate surface area is 122 Å². The van der Waals surface area contributed by atoms with Crippen molar-refractivity contribution in [3.05, 3.63) is 35.4 Å². The fraction of sp³-hybridized carbons (Fsp3) is 0.533. The lowest BCUT2D eigenvalue weighted by atomic mass is 9.99. The largest absolute Gasteiger partial charge is 0.416 e. The first-order chi connectivity index (χ1) is 9.88. The Morgan fingerprint density at radius 2 is 2.00 bits per heavy atom. The molecule has 1 saturated heterocycles. The number of halogens is 3. The van der Waals surface area contributed by atoms with E-state index in [4.69, 9.17) is 0 Å². The summed E-state index contributed by atoms with van der Waals surface area (Å²) in [5.41, 5.74) is -0.451. The van der Waals surface area contributed by atoms with Gasteiger partial charge in [0.2, 0.25) is 0 Å². The zero-order valence-corrected chi connectivity index (χ0v) is 11.9. The van der Waals surface area contributed by atoms with Crippen LogP contribution < -0.4 is 5.32 Å². The smallest absolute Gasteiger partial charge is 0.341 e. The fourth-order valence-corrected chi connectivity index (χ4v) is 2.57. The Bertz CT molecular complexity index is 479. The molecule has 1 aromatic carbocycles.